The molecule has 2 aromatic rings. The van der Waals surface area contributed by atoms with E-state index in [1.165, 1.54) is 39.6 Å². The van der Waals surface area contributed by atoms with Crippen molar-refractivity contribution in [1.82, 2.24) is 20.4 Å². The highest BCUT2D eigenvalue weighted by molar-refractivity contribution is 6.03. The Morgan fingerprint density at radius 3 is 1.67 bits per heavy atom. The summed E-state index contributed by atoms with van der Waals surface area (Å²) in [7, 11) is 5.59. The minimum Gasteiger partial charge on any atom is -0.453 e. The van der Waals surface area contributed by atoms with Gasteiger partial charge < -0.3 is 39.4 Å². The average molecular weight is 782 g/mol. The highest BCUT2D eigenvalue weighted by Crippen LogP contribution is 2.37. The zero-order valence-corrected chi connectivity index (χ0v) is 33.8. The van der Waals surface area contributed by atoms with E-state index in [1.807, 2.05) is 16.0 Å². The van der Waals surface area contributed by atoms with Crippen molar-refractivity contribution >= 4 is 40.9 Å². The van der Waals surface area contributed by atoms with Crippen LogP contribution in [0.5, 0.6) is 0 Å². The number of hydrogen-bond acceptors (Lipinski definition) is 9. The standard InChI is InChI=1S/C44H55N5O8/c1-27(54-3)39(46-43(52)56-5)41(50)48-23-9-11-37(48)34-21-20-33(24-34)31-16-12-29(13-17-31)30-14-18-32(19-15-30)35-25-36(45-26-35)38-10-7-8-22-49(38)42(51)40(28(2)55-4)47-44(53)57-6/h12-21,26-28,37-40H,7-11,22-25H2,1-6H3,(H,46,52)(H,47,53)/t27-,28-,37+,38+,39+,40+/m1/s1. The molecule has 1 aliphatic carbocycles. The summed E-state index contributed by atoms with van der Waals surface area (Å²) >= 11 is 0. The summed E-state index contributed by atoms with van der Waals surface area (Å²) < 4.78 is 20.4. The van der Waals surface area contributed by atoms with E-state index in [4.69, 9.17) is 23.9 Å². The molecule has 2 aromatic carbocycles. The SMILES string of the molecule is COC(=O)N[C@H](C(=O)N1CCC[C@H]1C1=CC=C(c2ccc(-c3ccc(C4=CN=C([C@@H]5CCCCN5C(=O)[C@@H](NC(=O)OC)[C@@H](C)OC)C4)cc3)cc2)C1)[C@@H](C)OC. The Morgan fingerprint density at radius 1 is 0.632 bits per heavy atom. The maximum Gasteiger partial charge on any atom is 0.407 e. The molecule has 2 fully saturated rings. The zero-order valence-electron chi connectivity index (χ0n) is 33.8. The Labute approximate surface area is 335 Å². The lowest BCUT2D eigenvalue weighted by molar-refractivity contribution is -0.139. The lowest BCUT2D eigenvalue weighted by Gasteiger charge is -2.39. The molecule has 4 aliphatic rings. The lowest BCUT2D eigenvalue weighted by Crippen LogP contribution is -2.58. The van der Waals surface area contributed by atoms with Crippen molar-refractivity contribution in [2.45, 2.75) is 95.2 Å². The van der Waals surface area contributed by atoms with Crippen LogP contribution in [-0.4, -0.2) is 117 Å². The van der Waals surface area contributed by atoms with Crippen molar-refractivity contribution < 1.29 is 38.1 Å². The molecule has 0 spiro atoms. The van der Waals surface area contributed by atoms with Crippen LogP contribution in [0, 0.1) is 0 Å². The van der Waals surface area contributed by atoms with Crippen molar-refractivity contribution in [3.05, 3.63) is 83.6 Å². The summed E-state index contributed by atoms with van der Waals surface area (Å²) in [6.07, 6.45) is 9.66. The van der Waals surface area contributed by atoms with E-state index in [0.29, 0.717) is 19.5 Å². The first kappa shape index (κ1) is 41.4. The summed E-state index contributed by atoms with van der Waals surface area (Å²) in [5.74, 6) is -0.365. The molecular weight excluding hydrogens is 727 g/mol. The van der Waals surface area contributed by atoms with E-state index in [-0.39, 0.29) is 23.9 Å². The number of nitrogens with zero attached hydrogens (tertiary/aromatic N) is 3. The van der Waals surface area contributed by atoms with Gasteiger partial charge >= 0.3 is 12.2 Å². The second-order valence-corrected chi connectivity index (χ2v) is 15.1. The van der Waals surface area contributed by atoms with E-state index < -0.39 is 36.5 Å². The number of amides is 4. The molecule has 6 atom stereocenters. The van der Waals surface area contributed by atoms with Crippen molar-refractivity contribution in [1.29, 1.82) is 0 Å². The molecule has 6 rings (SSSR count). The predicted molar refractivity (Wildman–Crippen MR) is 218 cm³/mol. The fourth-order valence-electron chi connectivity index (χ4n) is 8.27. The minimum atomic E-state index is -0.869. The fraction of sp³-hybridized carbons (Fsp3) is 0.477. The molecule has 0 unspecified atom stereocenters. The number of carbonyl (C=O) groups excluding carboxylic acids is 4. The summed E-state index contributed by atoms with van der Waals surface area (Å²) in [5, 5.41) is 5.32. The number of rotatable bonds is 13. The van der Waals surface area contributed by atoms with Gasteiger partial charge in [-0.1, -0.05) is 60.7 Å². The van der Waals surface area contributed by atoms with Gasteiger partial charge in [-0.25, -0.2) is 9.59 Å². The number of methoxy groups -OCH3 is 4. The molecule has 13 nitrogen and oxygen atoms in total. The third-order valence-corrected chi connectivity index (χ3v) is 11.8. The third-order valence-electron chi connectivity index (χ3n) is 11.8. The van der Waals surface area contributed by atoms with E-state index >= 15 is 0 Å². The van der Waals surface area contributed by atoms with Crippen molar-refractivity contribution in [3.63, 3.8) is 0 Å². The van der Waals surface area contributed by atoms with Gasteiger partial charge in [-0.2, -0.15) is 0 Å². The number of alkyl carbamates (subject to hydrolysis) is 2. The molecule has 3 aliphatic heterocycles. The quantitative estimate of drug-likeness (QED) is 0.246. The smallest absolute Gasteiger partial charge is 0.407 e. The minimum absolute atomic E-state index is 0.0389. The number of ether oxygens (including phenoxy) is 4. The number of allylic oxidation sites excluding steroid dienone is 4. The summed E-state index contributed by atoms with van der Waals surface area (Å²) in [6, 6.07) is 15.2. The Hall–Kier alpha value is -5.27. The Balaban J connectivity index is 1.05. The van der Waals surface area contributed by atoms with Gasteiger partial charge in [-0.15, -0.1) is 0 Å². The molecule has 0 bridgehead atoms. The van der Waals surface area contributed by atoms with Crippen LogP contribution in [0.25, 0.3) is 22.3 Å². The predicted octanol–water partition coefficient (Wildman–Crippen LogP) is 6.14. The molecule has 13 heteroatoms. The molecular formula is C44H55N5O8. The summed E-state index contributed by atoms with van der Waals surface area (Å²) in [5.41, 5.74) is 8.86. The fourth-order valence-corrected chi connectivity index (χ4v) is 8.27. The van der Waals surface area contributed by atoms with Crippen LogP contribution in [0.2, 0.25) is 0 Å². The van der Waals surface area contributed by atoms with Gasteiger partial charge in [0.25, 0.3) is 0 Å². The van der Waals surface area contributed by atoms with Crippen LogP contribution in [0.3, 0.4) is 0 Å². The van der Waals surface area contributed by atoms with E-state index in [2.05, 4.69) is 71.3 Å². The number of aliphatic imine (C=N–C) groups is 1. The van der Waals surface area contributed by atoms with Gasteiger partial charge in [0, 0.05) is 45.6 Å². The first-order valence-corrected chi connectivity index (χ1v) is 19.8. The second-order valence-electron chi connectivity index (χ2n) is 15.1. The number of nitrogens with one attached hydrogen (secondary N) is 2. The molecule has 4 amide bonds. The van der Waals surface area contributed by atoms with Crippen molar-refractivity contribution in [2.75, 3.05) is 41.5 Å². The number of carbonyl (C=O) groups is 4. The highest BCUT2D eigenvalue weighted by atomic mass is 16.5. The molecule has 3 heterocycles. The van der Waals surface area contributed by atoms with Crippen LogP contribution in [0.1, 0.15) is 69.9 Å². The van der Waals surface area contributed by atoms with Gasteiger partial charge in [0.1, 0.15) is 12.1 Å². The topological polar surface area (TPSA) is 148 Å². The average Bonchev–Trinajstić information content (AvgIpc) is 4.06. The molecule has 0 saturated carbocycles. The number of piperidine rings is 1. The first-order chi connectivity index (χ1) is 27.6. The van der Waals surface area contributed by atoms with Gasteiger partial charge in [0.2, 0.25) is 11.8 Å². The van der Waals surface area contributed by atoms with Gasteiger partial charge in [0.05, 0.1) is 38.5 Å². The summed E-state index contributed by atoms with van der Waals surface area (Å²) in [4.78, 5) is 60.1. The molecule has 2 N–H and O–H groups in total. The van der Waals surface area contributed by atoms with E-state index in [9.17, 15) is 19.2 Å². The Morgan fingerprint density at radius 2 is 1.12 bits per heavy atom. The number of benzene rings is 2. The Bertz CT molecular complexity index is 1920. The second kappa shape index (κ2) is 18.8. The Kier molecular flexibility index (Phi) is 13.6. The van der Waals surface area contributed by atoms with Gasteiger partial charge in [0.15, 0.2) is 0 Å². The number of hydrogen-bond donors (Lipinski definition) is 2. The molecule has 0 radical (unpaired) electrons. The van der Waals surface area contributed by atoms with Crippen molar-refractivity contribution in [3.8, 4) is 11.1 Å². The maximum atomic E-state index is 13.8. The normalized spacial score (nSPS) is 21.4. The van der Waals surface area contributed by atoms with Crippen LogP contribution in [-0.2, 0) is 28.5 Å². The van der Waals surface area contributed by atoms with Crippen molar-refractivity contribution in [2.24, 2.45) is 4.99 Å². The lowest BCUT2D eigenvalue weighted by atomic mass is 9.91. The number of likely N-dealkylation sites (tertiary alicyclic amines) is 2. The van der Waals surface area contributed by atoms with Crippen LogP contribution >= 0.6 is 0 Å². The first-order valence-electron chi connectivity index (χ1n) is 19.8. The molecule has 2 saturated heterocycles. The monoisotopic (exact) mass is 781 g/mol. The largest absolute Gasteiger partial charge is 0.453 e. The highest BCUT2D eigenvalue weighted by Gasteiger charge is 2.40. The zero-order chi connectivity index (χ0) is 40.6. The molecule has 304 valence electrons. The van der Waals surface area contributed by atoms with Gasteiger partial charge in [-0.05, 0) is 91.3 Å². The molecule has 57 heavy (non-hydrogen) atoms. The summed E-state index contributed by atoms with van der Waals surface area (Å²) in [6.45, 7) is 4.73. The van der Waals surface area contributed by atoms with E-state index in [1.54, 1.807) is 13.8 Å². The van der Waals surface area contributed by atoms with Gasteiger partial charge in [-0.3, -0.25) is 14.6 Å². The third kappa shape index (κ3) is 9.31. The van der Waals surface area contributed by atoms with Crippen LogP contribution in [0.4, 0.5) is 9.59 Å². The van der Waals surface area contributed by atoms with Crippen LogP contribution in [0.15, 0.2) is 77.4 Å². The maximum absolute atomic E-state index is 13.8. The van der Waals surface area contributed by atoms with Crippen LogP contribution < -0.4 is 10.6 Å². The van der Waals surface area contributed by atoms with E-state index in [0.717, 1.165) is 72.1 Å². The molecule has 0 aromatic heterocycles.